The van der Waals surface area contributed by atoms with Crippen LogP contribution in [-0.2, 0) is 10.8 Å². The maximum absolute atomic E-state index is 13.0. The van der Waals surface area contributed by atoms with Gasteiger partial charge < -0.3 is 28.4 Å². The van der Waals surface area contributed by atoms with Gasteiger partial charge in [-0.2, -0.15) is 0 Å². The Bertz CT molecular complexity index is 2390. The van der Waals surface area contributed by atoms with Gasteiger partial charge >= 0.3 is 18.5 Å². The Morgan fingerprint density at radius 2 is 0.750 bits per heavy atom. The van der Waals surface area contributed by atoms with Gasteiger partial charge in [-0.3, -0.25) is 0 Å². The van der Waals surface area contributed by atoms with Gasteiger partial charge in [-0.05, 0) is 126 Å². The summed E-state index contributed by atoms with van der Waals surface area (Å²) in [4.78, 5) is 37.7. The minimum absolute atomic E-state index is 0.0653. The summed E-state index contributed by atoms with van der Waals surface area (Å²) in [6, 6.07) is 47.3. The predicted octanol–water partition coefficient (Wildman–Crippen LogP) is 12.9. The summed E-state index contributed by atoms with van der Waals surface area (Å²) in [7, 11) is 0. The Morgan fingerprint density at radius 3 is 1.07 bits per heavy atom. The second kappa shape index (κ2) is 17.5. The number of rotatable bonds is 10. The fraction of sp³-hybridized carbons (Fsp3) is 0.235. The Kier molecular flexibility index (Phi) is 12.1. The van der Waals surface area contributed by atoms with Crippen LogP contribution in [0.1, 0.15) is 76.1 Å². The number of carbonyl (C=O) groups is 3. The minimum atomic E-state index is -0.848. The molecule has 0 radical (unpaired) electrons. The van der Waals surface area contributed by atoms with Crippen LogP contribution in [0.25, 0.3) is 0 Å². The Balaban J connectivity index is 0.978. The summed E-state index contributed by atoms with van der Waals surface area (Å²) in [5.41, 5.74) is 3.50. The van der Waals surface area contributed by atoms with Crippen molar-refractivity contribution >= 4 is 18.5 Å². The van der Waals surface area contributed by atoms with E-state index in [4.69, 9.17) is 28.4 Å². The molecule has 0 spiro atoms. The fourth-order valence-corrected chi connectivity index (χ4v) is 8.53. The average Bonchev–Trinajstić information content (AvgIpc) is 3.21. The molecular formula is C51H48O9. The maximum Gasteiger partial charge on any atom is 0.519 e. The van der Waals surface area contributed by atoms with Crippen molar-refractivity contribution in [1.82, 2.24) is 0 Å². The zero-order valence-corrected chi connectivity index (χ0v) is 34.4. The summed E-state index contributed by atoms with van der Waals surface area (Å²) in [5.74, 6) is 2.71. The Hall–Kier alpha value is -6.87. The van der Waals surface area contributed by atoms with E-state index in [2.05, 4.69) is 34.6 Å². The van der Waals surface area contributed by atoms with Crippen molar-refractivity contribution in [1.29, 1.82) is 0 Å². The monoisotopic (exact) mass is 804 g/mol. The fourth-order valence-electron chi connectivity index (χ4n) is 8.53. The van der Waals surface area contributed by atoms with Crippen molar-refractivity contribution in [3.8, 4) is 34.5 Å². The highest BCUT2D eigenvalue weighted by Gasteiger charge is 2.45. The molecule has 2 unspecified atom stereocenters. The Labute approximate surface area is 350 Å². The van der Waals surface area contributed by atoms with E-state index in [1.54, 1.807) is 97.1 Å². The smallest absolute Gasteiger partial charge is 0.395 e. The average molecular weight is 805 g/mol. The molecule has 2 atom stereocenters. The van der Waals surface area contributed by atoms with E-state index in [-0.39, 0.29) is 10.8 Å². The molecule has 0 aliphatic heterocycles. The van der Waals surface area contributed by atoms with Gasteiger partial charge in [0.15, 0.2) is 0 Å². The van der Waals surface area contributed by atoms with E-state index in [0.29, 0.717) is 40.4 Å². The van der Waals surface area contributed by atoms with Crippen LogP contribution in [0.3, 0.4) is 0 Å². The molecular weight excluding hydrogens is 757 g/mol. The first-order chi connectivity index (χ1) is 28.8. The van der Waals surface area contributed by atoms with Crippen LogP contribution in [0, 0.1) is 11.3 Å². The van der Waals surface area contributed by atoms with Crippen LogP contribution in [0.4, 0.5) is 14.4 Å². The van der Waals surface area contributed by atoms with Gasteiger partial charge in [0.25, 0.3) is 0 Å². The molecule has 306 valence electrons. The third-order valence-corrected chi connectivity index (χ3v) is 11.0. The quantitative estimate of drug-likeness (QED) is 0.0988. The van der Waals surface area contributed by atoms with Crippen molar-refractivity contribution in [2.75, 3.05) is 0 Å². The van der Waals surface area contributed by atoms with Crippen LogP contribution in [0.5, 0.6) is 34.5 Å². The Morgan fingerprint density at radius 1 is 0.450 bits per heavy atom. The van der Waals surface area contributed by atoms with E-state index < -0.39 is 23.9 Å². The molecule has 60 heavy (non-hydrogen) atoms. The molecule has 1 saturated carbocycles. The zero-order valence-electron chi connectivity index (χ0n) is 34.4. The molecule has 0 amide bonds. The van der Waals surface area contributed by atoms with E-state index in [1.165, 1.54) is 0 Å². The third kappa shape index (κ3) is 10.0. The van der Waals surface area contributed by atoms with E-state index in [0.717, 1.165) is 41.5 Å². The number of carbonyl (C=O) groups excluding carboxylic acids is 3. The topological polar surface area (TPSA) is 107 Å². The number of benzene rings is 6. The van der Waals surface area contributed by atoms with Crippen LogP contribution in [0.15, 0.2) is 158 Å². The van der Waals surface area contributed by atoms with Gasteiger partial charge in [0, 0.05) is 10.8 Å². The van der Waals surface area contributed by atoms with Crippen LogP contribution in [0.2, 0.25) is 0 Å². The lowest BCUT2D eigenvalue weighted by Crippen LogP contribution is -2.41. The van der Waals surface area contributed by atoms with Gasteiger partial charge in [0.1, 0.15) is 34.5 Å². The van der Waals surface area contributed by atoms with Crippen LogP contribution < -0.4 is 28.4 Å². The second-order valence-corrected chi connectivity index (χ2v) is 16.6. The SMILES string of the molecule is CC1CC(C)(C)CC(c2ccc(OC(=O)Oc3ccccc3)cc2)(c2ccc(OC(=O)Oc3ccc(C(C)(C)c4ccc(OC(=O)Oc5ccccc5)cc4)cc3)cc2)C1. The van der Waals surface area contributed by atoms with Gasteiger partial charge in [-0.1, -0.05) is 120 Å². The molecule has 9 nitrogen and oxygen atoms in total. The summed E-state index contributed by atoms with van der Waals surface area (Å²) in [6.07, 6.45) is 0.462. The number of hydrogen-bond acceptors (Lipinski definition) is 9. The van der Waals surface area contributed by atoms with Crippen molar-refractivity contribution in [3.63, 3.8) is 0 Å². The molecule has 0 aromatic heterocycles. The first-order valence-electron chi connectivity index (χ1n) is 20.0. The zero-order chi connectivity index (χ0) is 42.3. The van der Waals surface area contributed by atoms with Gasteiger partial charge in [-0.15, -0.1) is 0 Å². The number of ether oxygens (including phenoxy) is 6. The lowest BCUT2D eigenvalue weighted by atomic mass is 9.55. The highest BCUT2D eigenvalue weighted by atomic mass is 16.7. The van der Waals surface area contributed by atoms with Crippen LogP contribution >= 0.6 is 0 Å². The van der Waals surface area contributed by atoms with E-state index in [1.807, 2.05) is 60.7 Å². The molecule has 1 aliphatic carbocycles. The summed E-state index contributed by atoms with van der Waals surface area (Å²) in [6.45, 7) is 11.0. The number of para-hydroxylation sites is 2. The summed E-state index contributed by atoms with van der Waals surface area (Å²) in [5, 5.41) is 0. The number of hydrogen-bond donors (Lipinski definition) is 0. The maximum atomic E-state index is 13.0. The highest BCUT2D eigenvalue weighted by Crippen LogP contribution is 2.54. The van der Waals surface area contributed by atoms with Gasteiger partial charge in [0.05, 0.1) is 0 Å². The third-order valence-electron chi connectivity index (χ3n) is 11.0. The van der Waals surface area contributed by atoms with Crippen molar-refractivity contribution < 1.29 is 42.8 Å². The minimum Gasteiger partial charge on any atom is -0.395 e. The molecule has 1 fully saturated rings. The largest absolute Gasteiger partial charge is 0.519 e. The van der Waals surface area contributed by atoms with E-state index >= 15 is 0 Å². The van der Waals surface area contributed by atoms with Crippen molar-refractivity contribution in [2.45, 2.75) is 64.7 Å². The molecule has 0 heterocycles. The molecule has 6 aromatic rings. The van der Waals surface area contributed by atoms with Crippen molar-refractivity contribution in [3.05, 3.63) is 180 Å². The first-order valence-corrected chi connectivity index (χ1v) is 20.0. The predicted molar refractivity (Wildman–Crippen MR) is 228 cm³/mol. The van der Waals surface area contributed by atoms with Crippen LogP contribution in [-0.4, -0.2) is 18.5 Å². The lowest BCUT2D eigenvalue weighted by molar-refractivity contribution is 0.126. The summed E-state index contributed by atoms with van der Waals surface area (Å²) < 4.78 is 32.5. The molecule has 9 heteroatoms. The molecule has 0 bridgehead atoms. The van der Waals surface area contributed by atoms with Crippen molar-refractivity contribution in [2.24, 2.45) is 11.3 Å². The normalized spacial score (nSPS) is 17.1. The first kappa shape index (κ1) is 41.3. The second-order valence-electron chi connectivity index (χ2n) is 16.6. The lowest BCUT2D eigenvalue weighted by Gasteiger charge is -2.48. The molecule has 0 N–H and O–H groups in total. The van der Waals surface area contributed by atoms with Gasteiger partial charge in [-0.25, -0.2) is 14.4 Å². The molecule has 7 rings (SSSR count). The van der Waals surface area contributed by atoms with E-state index in [9.17, 15) is 14.4 Å². The molecule has 0 saturated heterocycles. The molecule has 6 aromatic carbocycles. The highest BCUT2D eigenvalue weighted by molar-refractivity contribution is 5.68. The standard InChI is InChI=1S/C51H48O9/c1-35-32-49(2,3)34-51(33-35,38-20-28-44(29-21-38)59-47(53)56-41-14-10-7-11-15-41)39-22-30-45(31-23-39)60-48(54)58-43-26-18-37(19-27-43)50(4,5)36-16-24-42(25-17-36)57-46(52)55-40-12-8-6-9-13-40/h6-31,35H,32-34H2,1-5H3. The summed E-state index contributed by atoms with van der Waals surface area (Å²) >= 11 is 0. The van der Waals surface area contributed by atoms with Gasteiger partial charge in [0.2, 0.25) is 0 Å². The molecule has 1 aliphatic rings.